The summed E-state index contributed by atoms with van der Waals surface area (Å²) in [4.78, 5) is 21.8. The van der Waals surface area contributed by atoms with E-state index < -0.39 is 0 Å². The quantitative estimate of drug-likeness (QED) is 0.493. The molecule has 1 saturated heterocycles. The molecule has 0 saturated carbocycles. The van der Waals surface area contributed by atoms with E-state index in [1.54, 1.807) is 6.20 Å². The van der Waals surface area contributed by atoms with E-state index in [2.05, 4.69) is 56.7 Å². The van der Waals surface area contributed by atoms with E-state index in [4.69, 9.17) is 11.6 Å². The monoisotopic (exact) mass is 463 g/mol. The molecule has 172 valence electrons. The second kappa shape index (κ2) is 11.3. The molecule has 6 nitrogen and oxygen atoms in total. The maximum atomic E-state index is 12.8. The second-order valence-electron chi connectivity index (χ2n) is 8.38. The van der Waals surface area contributed by atoms with E-state index in [1.807, 2.05) is 36.4 Å². The first-order valence-corrected chi connectivity index (χ1v) is 11.7. The number of hydrogen-bond acceptors (Lipinski definition) is 5. The number of anilines is 2. The van der Waals surface area contributed by atoms with E-state index >= 15 is 0 Å². The van der Waals surface area contributed by atoms with Crippen LogP contribution < -0.4 is 15.5 Å². The van der Waals surface area contributed by atoms with Crippen LogP contribution in [0.2, 0.25) is 5.02 Å². The number of carbonyl (C=O) groups excluding carboxylic acids is 1. The summed E-state index contributed by atoms with van der Waals surface area (Å²) in [6, 6.07) is 19.8. The van der Waals surface area contributed by atoms with Gasteiger partial charge in [0.05, 0.1) is 16.3 Å². The van der Waals surface area contributed by atoms with Crippen molar-refractivity contribution in [2.75, 3.05) is 50.0 Å². The number of amides is 1. The van der Waals surface area contributed by atoms with Crippen molar-refractivity contribution in [3.8, 4) is 0 Å². The van der Waals surface area contributed by atoms with E-state index in [0.717, 1.165) is 50.5 Å². The number of halogens is 1. The predicted molar refractivity (Wildman–Crippen MR) is 135 cm³/mol. The molecule has 0 unspecified atom stereocenters. The topological polar surface area (TPSA) is 60.5 Å². The van der Waals surface area contributed by atoms with Gasteiger partial charge in [0.2, 0.25) is 0 Å². The number of hydrogen-bond donors (Lipinski definition) is 2. The minimum atomic E-state index is -0.219. The Kier molecular flexibility index (Phi) is 7.94. The van der Waals surface area contributed by atoms with E-state index in [-0.39, 0.29) is 5.91 Å². The van der Waals surface area contributed by atoms with Crippen LogP contribution in [0.5, 0.6) is 0 Å². The van der Waals surface area contributed by atoms with Crippen LogP contribution in [0.4, 0.5) is 11.5 Å². The summed E-state index contributed by atoms with van der Waals surface area (Å²) >= 11 is 6.35. The molecule has 0 aliphatic carbocycles. The summed E-state index contributed by atoms with van der Waals surface area (Å²) in [7, 11) is 2.12. The zero-order chi connectivity index (χ0) is 23.0. The molecule has 1 fully saturated rings. The van der Waals surface area contributed by atoms with Crippen LogP contribution in [0.25, 0.3) is 0 Å². The Bertz CT molecular complexity index is 1050. The Morgan fingerprint density at radius 1 is 1.00 bits per heavy atom. The van der Waals surface area contributed by atoms with Gasteiger partial charge in [-0.25, -0.2) is 4.98 Å². The number of piperazine rings is 1. The minimum absolute atomic E-state index is 0.219. The Morgan fingerprint density at radius 3 is 2.52 bits per heavy atom. The van der Waals surface area contributed by atoms with Gasteiger partial charge < -0.3 is 20.4 Å². The summed E-state index contributed by atoms with van der Waals surface area (Å²) in [6.07, 6.45) is 2.60. The third-order valence-electron chi connectivity index (χ3n) is 5.88. The van der Waals surface area contributed by atoms with Gasteiger partial charge in [0.1, 0.15) is 5.82 Å². The zero-order valence-electron chi connectivity index (χ0n) is 18.9. The maximum absolute atomic E-state index is 12.8. The lowest BCUT2D eigenvalue weighted by Gasteiger charge is -2.33. The number of rotatable bonds is 8. The summed E-state index contributed by atoms with van der Waals surface area (Å²) in [5.41, 5.74) is 3.48. The number of nitrogens with zero attached hydrogens (tertiary/aromatic N) is 3. The molecule has 3 aromatic rings. The smallest absolute Gasteiger partial charge is 0.257 e. The van der Waals surface area contributed by atoms with Crippen LogP contribution in [-0.2, 0) is 13.0 Å². The molecule has 0 atom stereocenters. The Morgan fingerprint density at radius 2 is 1.79 bits per heavy atom. The van der Waals surface area contributed by atoms with Crippen LogP contribution in [0.1, 0.15) is 21.5 Å². The molecule has 1 aliphatic heterocycles. The Labute approximate surface area is 200 Å². The summed E-state index contributed by atoms with van der Waals surface area (Å²) < 4.78 is 0. The van der Waals surface area contributed by atoms with Gasteiger partial charge in [0.15, 0.2) is 0 Å². The molecule has 0 spiro atoms. The van der Waals surface area contributed by atoms with Gasteiger partial charge in [-0.15, -0.1) is 0 Å². The van der Waals surface area contributed by atoms with Crippen LogP contribution >= 0.6 is 11.6 Å². The molecule has 2 heterocycles. The van der Waals surface area contributed by atoms with E-state index in [1.165, 1.54) is 5.56 Å². The molecule has 1 aromatic heterocycles. The van der Waals surface area contributed by atoms with Crippen LogP contribution in [0, 0.1) is 0 Å². The highest BCUT2D eigenvalue weighted by atomic mass is 35.5. The summed E-state index contributed by atoms with van der Waals surface area (Å²) in [5, 5.41) is 6.89. The Hall–Kier alpha value is -2.93. The first kappa shape index (κ1) is 23.2. The van der Waals surface area contributed by atoms with Crippen LogP contribution in [0.3, 0.4) is 0 Å². The number of pyridine rings is 1. The average molecular weight is 464 g/mol. The van der Waals surface area contributed by atoms with Crippen molar-refractivity contribution in [1.29, 1.82) is 0 Å². The molecule has 0 radical (unpaired) electrons. The largest absolute Gasteiger partial charge is 0.354 e. The lowest BCUT2D eigenvalue weighted by atomic mass is 10.1. The molecule has 1 aliphatic rings. The lowest BCUT2D eigenvalue weighted by molar-refractivity contribution is 0.102. The van der Waals surface area contributed by atoms with Crippen molar-refractivity contribution in [1.82, 2.24) is 15.2 Å². The van der Waals surface area contributed by atoms with Gasteiger partial charge in [0, 0.05) is 38.9 Å². The molecule has 2 aromatic carbocycles. The van der Waals surface area contributed by atoms with Crippen molar-refractivity contribution in [3.63, 3.8) is 0 Å². The van der Waals surface area contributed by atoms with Crippen molar-refractivity contribution >= 4 is 29.0 Å². The first-order valence-electron chi connectivity index (χ1n) is 11.3. The SMILES string of the molecule is CN1CCN(c2ccc(C(=O)Nc3cc(CNCCc4ccccc4)ccc3Cl)cn2)CC1. The van der Waals surface area contributed by atoms with Crippen molar-refractivity contribution in [2.24, 2.45) is 0 Å². The highest BCUT2D eigenvalue weighted by molar-refractivity contribution is 6.34. The number of benzene rings is 2. The van der Waals surface area contributed by atoms with E-state index in [0.29, 0.717) is 22.8 Å². The van der Waals surface area contributed by atoms with Gasteiger partial charge in [0.25, 0.3) is 5.91 Å². The fraction of sp³-hybridized carbons (Fsp3) is 0.308. The molecule has 4 rings (SSSR count). The van der Waals surface area contributed by atoms with Crippen LogP contribution in [0.15, 0.2) is 66.9 Å². The average Bonchev–Trinajstić information content (AvgIpc) is 2.85. The highest BCUT2D eigenvalue weighted by Crippen LogP contribution is 2.24. The molecule has 0 bridgehead atoms. The molecule has 7 heteroatoms. The van der Waals surface area contributed by atoms with Crippen molar-refractivity contribution < 1.29 is 4.79 Å². The summed E-state index contributed by atoms with van der Waals surface area (Å²) in [5.74, 6) is 0.685. The van der Waals surface area contributed by atoms with E-state index in [9.17, 15) is 4.79 Å². The fourth-order valence-corrected chi connectivity index (χ4v) is 3.99. The third-order valence-corrected chi connectivity index (χ3v) is 6.21. The fourth-order valence-electron chi connectivity index (χ4n) is 3.83. The van der Waals surface area contributed by atoms with Crippen molar-refractivity contribution in [3.05, 3.63) is 88.6 Å². The lowest BCUT2D eigenvalue weighted by Crippen LogP contribution is -2.44. The van der Waals surface area contributed by atoms with Gasteiger partial charge >= 0.3 is 0 Å². The molecule has 2 N–H and O–H groups in total. The highest BCUT2D eigenvalue weighted by Gasteiger charge is 2.16. The molecule has 1 amide bonds. The van der Waals surface area contributed by atoms with Crippen LogP contribution in [-0.4, -0.2) is 55.6 Å². The Balaban J connectivity index is 1.31. The number of aromatic nitrogens is 1. The second-order valence-corrected chi connectivity index (χ2v) is 8.78. The van der Waals surface area contributed by atoms with Gasteiger partial charge in [-0.2, -0.15) is 0 Å². The summed E-state index contributed by atoms with van der Waals surface area (Å²) in [6.45, 7) is 5.49. The molecule has 33 heavy (non-hydrogen) atoms. The molecular weight excluding hydrogens is 434 g/mol. The standard InChI is InChI=1S/C26H30ClN5O/c1-31-13-15-32(16-14-31)25-10-8-22(19-29-25)26(33)30-24-17-21(7-9-23(24)27)18-28-12-11-20-5-3-2-4-6-20/h2-10,17,19,28H,11-16,18H2,1H3,(H,30,33). The number of nitrogens with one attached hydrogen (secondary N) is 2. The number of likely N-dealkylation sites (N-methyl/N-ethyl adjacent to an activating group) is 1. The minimum Gasteiger partial charge on any atom is -0.354 e. The van der Waals surface area contributed by atoms with Gasteiger partial charge in [-0.1, -0.05) is 48.0 Å². The normalized spacial score (nSPS) is 14.3. The van der Waals surface area contributed by atoms with Gasteiger partial charge in [-0.3, -0.25) is 4.79 Å². The molecular formula is C26H30ClN5O. The first-order chi connectivity index (χ1) is 16.1. The maximum Gasteiger partial charge on any atom is 0.257 e. The van der Waals surface area contributed by atoms with Gasteiger partial charge in [-0.05, 0) is 55.4 Å². The third kappa shape index (κ3) is 6.54. The zero-order valence-corrected chi connectivity index (χ0v) is 19.7. The number of carbonyl (C=O) groups is 1. The predicted octanol–water partition coefficient (Wildman–Crippen LogP) is 4.07. The van der Waals surface area contributed by atoms with Crippen molar-refractivity contribution in [2.45, 2.75) is 13.0 Å².